The highest BCUT2D eigenvalue weighted by Gasteiger charge is 1.86. The van der Waals surface area contributed by atoms with Gasteiger partial charge in [0.1, 0.15) is 0 Å². The van der Waals surface area contributed by atoms with Gasteiger partial charge in [0.05, 0.1) is 0 Å². The van der Waals surface area contributed by atoms with E-state index in [2.05, 4.69) is 17.6 Å². The van der Waals surface area contributed by atoms with E-state index in [0.717, 1.165) is 39.1 Å². The fourth-order valence-electron chi connectivity index (χ4n) is 1.25. The minimum absolute atomic E-state index is 0.792. The third kappa shape index (κ3) is 15.1. The van der Waals surface area contributed by atoms with Crippen molar-refractivity contribution in [1.82, 2.24) is 10.6 Å². The lowest BCUT2D eigenvalue weighted by molar-refractivity contribution is 0.595. The summed E-state index contributed by atoms with van der Waals surface area (Å²) in [6.07, 6.45) is 2.29. The number of nitrogens with one attached hydrogen (secondary N) is 2. The fourth-order valence-corrected chi connectivity index (χ4v) is 1.25. The van der Waals surface area contributed by atoms with Gasteiger partial charge < -0.3 is 16.4 Å². The quantitative estimate of drug-likeness (QED) is 0.602. The van der Waals surface area contributed by atoms with E-state index in [1.165, 1.54) is 6.42 Å². The SMILES string of the molecule is CCNCCCNCCCN.c1ccccc1. The molecule has 0 saturated carbocycles. The summed E-state index contributed by atoms with van der Waals surface area (Å²) in [5.74, 6) is 0. The van der Waals surface area contributed by atoms with Crippen LogP contribution in [0.5, 0.6) is 0 Å². The molecule has 1 aromatic rings. The zero-order chi connectivity index (χ0) is 12.6. The molecular weight excluding hydrogens is 210 g/mol. The molecule has 0 aliphatic carbocycles. The molecule has 0 amide bonds. The highest BCUT2D eigenvalue weighted by molar-refractivity contribution is 4.99. The summed E-state index contributed by atoms with van der Waals surface area (Å²) in [7, 11) is 0. The molecule has 0 spiro atoms. The van der Waals surface area contributed by atoms with E-state index < -0.39 is 0 Å². The molecule has 0 bridgehead atoms. The molecule has 0 fully saturated rings. The van der Waals surface area contributed by atoms with Crippen molar-refractivity contribution in [2.24, 2.45) is 5.73 Å². The molecule has 1 aromatic carbocycles. The second-order valence-electron chi connectivity index (χ2n) is 3.75. The monoisotopic (exact) mass is 237 g/mol. The molecule has 0 atom stereocenters. The number of rotatable bonds is 8. The van der Waals surface area contributed by atoms with Gasteiger partial charge >= 0.3 is 0 Å². The second kappa shape index (κ2) is 15.1. The Kier molecular flexibility index (Phi) is 14.3. The average molecular weight is 237 g/mol. The van der Waals surface area contributed by atoms with Gasteiger partial charge in [0.15, 0.2) is 0 Å². The topological polar surface area (TPSA) is 50.1 Å². The number of hydrogen-bond donors (Lipinski definition) is 3. The minimum atomic E-state index is 0.792. The van der Waals surface area contributed by atoms with Gasteiger partial charge in [-0.15, -0.1) is 0 Å². The molecule has 0 radical (unpaired) electrons. The maximum atomic E-state index is 5.34. The molecule has 3 heteroatoms. The third-order valence-corrected chi connectivity index (χ3v) is 2.18. The Morgan fingerprint density at radius 3 is 1.71 bits per heavy atom. The highest BCUT2D eigenvalue weighted by Crippen LogP contribution is 1.80. The predicted octanol–water partition coefficient (Wildman–Crippen LogP) is 1.61. The van der Waals surface area contributed by atoms with Crippen LogP contribution in [0.1, 0.15) is 19.8 Å². The predicted molar refractivity (Wildman–Crippen MR) is 76.1 cm³/mol. The van der Waals surface area contributed by atoms with Crippen molar-refractivity contribution in [1.29, 1.82) is 0 Å². The molecule has 17 heavy (non-hydrogen) atoms. The van der Waals surface area contributed by atoms with Gasteiger partial charge in [0, 0.05) is 0 Å². The maximum Gasteiger partial charge on any atom is -0.00368 e. The van der Waals surface area contributed by atoms with Crippen LogP contribution in [-0.4, -0.2) is 32.7 Å². The average Bonchev–Trinajstić information content (AvgIpc) is 2.41. The van der Waals surface area contributed by atoms with Crippen LogP contribution in [-0.2, 0) is 0 Å². The standard InChI is InChI=1S/C8H21N3.C6H6/c1-2-10-7-4-8-11-6-3-5-9;1-2-4-6-5-3-1/h10-11H,2-9H2,1H3;1-6H. The Hall–Kier alpha value is -0.900. The van der Waals surface area contributed by atoms with Crippen molar-refractivity contribution < 1.29 is 0 Å². The molecule has 0 aliphatic rings. The van der Waals surface area contributed by atoms with Gasteiger partial charge in [0.25, 0.3) is 0 Å². The first-order valence-electron chi connectivity index (χ1n) is 6.53. The van der Waals surface area contributed by atoms with E-state index >= 15 is 0 Å². The van der Waals surface area contributed by atoms with Crippen LogP contribution in [0.3, 0.4) is 0 Å². The first kappa shape index (κ1) is 16.1. The smallest absolute Gasteiger partial charge is 0.00368 e. The van der Waals surface area contributed by atoms with Crippen molar-refractivity contribution in [2.45, 2.75) is 19.8 Å². The van der Waals surface area contributed by atoms with Gasteiger partial charge in [-0.2, -0.15) is 0 Å². The summed E-state index contributed by atoms with van der Waals surface area (Å²) in [5.41, 5.74) is 5.34. The zero-order valence-corrected chi connectivity index (χ0v) is 11.0. The molecule has 0 aromatic heterocycles. The Bertz CT molecular complexity index is 179. The van der Waals surface area contributed by atoms with Gasteiger partial charge in [-0.05, 0) is 45.6 Å². The van der Waals surface area contributed by atoms with Crippen LogP contribution in [0.25, 0.3) is 0 Å². The van der Waals surface area contributed by atoms with E-state index in [-0.39, 0.29) is 0 Å². The van der Waals surface area contributed by atoms with Crippen molar-refractivity contribution in [2.75, 3.05) is 32.7 Å². The van der Waals surface area contributed by atoms with Crippen LogP contribution >= 0.6 is 0 Å². The summed E-state index contributed by atoms with van der Waals surface area (Å²) in [6.45, 7) is 7.27. The molecule has 98 valence electrons. The second-order valence-corrected chi connectivity index (χ2v) is 3.75. The van der Waals surface area contributed by atoms with Gasteiger partial charge in [-0.25, -0.2) is 0 Å². The van der Waals surface area contributed by atoms with Crippen LogP contribution in [0, 0.1) is 0 Å². The zero-order valence-electron chi connectivity index (χ0n) is 11.0. The number of benzene rings is 1. The van der Waals surface area contributed by atoms with E-state index in [4.69, 9.17) is 5.73 Å². The fraction of sp³-hybridized carbons (Fsp3) is 0.571. The van der Waals surface area contributed by atoms with Crippen LogP contribution in [0.4, 0.5) is 0 Å². The highest BCUT2D eigenvalue weighted by atomic mass is 14.9. The molecule has 0 aliphatic heterocycles. The molecule has 0 unspecified atom stereocenters. The summed E-state index contributed by atoms with van der Waals surface area (Å²) in [6, 6.07) is 12.0. The van der Waals surface area contributed by atoms with Gasteiger partial charge in [-0.3, -0.25) is 0 Å². The van der Waals surface area contributed by atoms with Crippen molar-refractivity contribution >= 4 is 0 Å². The Morgan fingerprint density at radius 2 is 1.24 bits per heavy atom. The van der Waals surface area contributed by atoms with E-state index in [1.807, 2.05) is 36.4 Å². The first-order chi connectivity index (χ1) is 8.41. The molecule has 4 N–H and O–H groups in total. The first-order valence-corrected chi connectivity index (χ1v) is 6.53. The van der Waals surface area contributed by atoms with E-state index in [9.17, 15) is 0 Å². The minimum Gasteiger partial charge on any atom is -0.330 e. The van der Waals surface area contributed by atoms with E-state index in [0.29, 0.717) is 0 Å². The summed E-state index contributed by atoms with van der Waals surface area (Å²) in [4.78, 5) is 0. The van der Waals surface area contributed by atoms with Gasteiger partial charge in [0.2, 0.25) is 0 Å². The molecule has 3 nitrogen and oxygen atoms in total. The summed E-state index contributed by atoms with van der Waals surface area (Å²) >= 11 is 0. The molecular formula is C14H27N3. The number of hydrogen-bond acceptors (Lipinski definition) is 3. The Balaban J connectivity index is 0.000000354. The molecule has 0 heterocycles. The molecule has 1 rings (SSSR count). The van der Waals surface area contributed by atoms with Crippen LogP contribution in [0.2, 0.25) is 0 Å². The lowest BCUT2D eigenvalue weighted by Crippen LogP contribution is -2.23. The van der Waals surface area contributed by atoms with E-state index in [1.54, 1.807) is 0 Å². The summed E-state index contributed by atoms with van der Waals surface area (Å²) in [5, 5.41) is 6.60. The van der Waals surface area contributed by atoms with Crippen molar-refractivity contribution in [3.63, 3.8) is 0 Å². The van der Waals surface area contributed by atoms with Crippen LogP contribution in [0.15, 0.2) is 36.4 Å². The largest absolute Gasteiger partial charge is 0.330 e. The van der Waals surface area contributed by atoms with Crippen molar-refractivity contribution in [3.05, 3.63) is 36.4 Å². The Morgan fingerprint density at radius 1 is 0.765 bits per heavy atom. The van der Waals surface area contributed by atoms with Gasteiger partial charge in [-0.1, -0.05) is 43.3 Å². The lowest BCUT2D eigenvalue weighted by atomic mass is 10.4. The third-order valence-electron chi connectivity index (χ3n) is 2.18. The normalized spacial score (nSPS) is 9.53. The lowest BCUT2D eigenvalue weighted by Gasteiger charge is -2.03. The van der Waals surface area contributed by atoms with Crippen molar-refractivity contribution in [3.8, 4) is 0 Å². The number of nitrogens with two attached hydrogens (primary N) is 1. The maximum absolute atomic E-state index is 5.34. The van der Waals surface area contributed by atoms with Crippen LogP contribution < -0.4 is 16.4 Å². The summed E-state index contributed by atoms with van der Waals surface area (Å²) < 4.78 is 0. The molecule has 0 saturated heterocycles. The Labute approximate surface area is 106 Å².